The Bertz CT molecular complexity index is 250. The highest BCUT2D eigenvalue weighted by Gasteiger charge is 2.14. The van der Waals surface area contributed by atoms with Crippen LogP contribution in [0.1, 0.15) is 33.6 Å². The molecule has 0 aliphatic rings. The molecule has 0 saturated heterocycles. The van der Waals surface area contributed by atoms with Gasteiger partial charge < -0.3 is 10.1 Å². The first kappa shape index (κ1) is 15.9. The smallest absolute Gasteiger partial charge is 0.153 e. The van der Waals surface area contributed by atoms with Crippen molar-refractivity contribution < 1.29 is 13.2 Å². The molecular formula is C11H25NO3S. The summed E-state index contributed by atoms with van der Waals surface area (Å²) in [5.41, 5.74) is 0. The van der Waals surface area contributed by atoms with Crippen LogP contribution in [0.25, 0.3) is 0 Å². The van der Waals surface area contributed by atoms with Gasteiger partial charge in [-0.15, -0.1) is 0 Å². The summed E-state index contributed by atoms with van der Waals surface area (Å²) < 4.78 is 28.2. The van der Waals surface area contributed by atoms with Crippen LogP contribution in [0.4, 0.5) is 0 Å². The van der Waals surface area contributed by atoms with E-state index in [1.54, 1.807) is 13.8 Å². The SMILES string of the molecule is CCCCOCCNCCS(=O)(=O)C(C)C. The predicted octanol–water partition coefficient (Wildman–Crippen LogP) is 1.22. The second kappa shape index (κ2) is 8.96. The highest BCUT2D eigenvalue weighted by Crippen LogP contribution is 1.98. The summed E-state index contributed by atoms with van der Waals surface area (Å²) in [6.07, 6.45) is 2.22. The van der Waals surface area contributed by atoms with E-state index in [9.17, 15) is 8.42 Å². The lowest BCUT2D eigenvalue weighted by Gasteiger charge is -2.08. The maximum atomic E-state index is 11.4. The van der Waals surface area contributed by atoms with Crippen molar-refractivity contribution in [3.05, 3.63) is 0 Å². The van der Waals surface area contributed by atoms with Crippen molar-refractivity contribution in [1.29, 1.82) is 0 Å². The zero-order chi connectivity index (χ0) is 12.4. The van der Waals surface area contributed by atoms with Crippen molar-refractivity contribution in [2.75, 3.05) is 32.1 Å². The van der Waals surface area contributed by atoms with E-state index >= 15 is 0 Å². The second-order valence-electron chi connectivity index (χ2n) is 4.13. The topological polar surface area (TPSA) is 55.4 Å². The third kappa shape index (κ3) is 8.07. The van der Waals surface area contributed by atoms with Crippen molar-refractivity contribution in [2.24, 2.45) is 0 Å². The standard InChI is InChI=1S/C11H25NO3S/c1-4-5-8-15-9-6-12-7-10-16(13,14)11(2)3/h11-12H,4-10H2,1-3H3. The van der Waals surface area contributed by atoms with Gasteiger partial charge in [0.15, 0.2) is 9.84 Å². The largest absolute Gasteiger partial charge is 0.380 e. The van der Waals surface area contributed by atoms with Crippen molar-refractivity contribution in [3.8, 4) is 0 Å². The number of sulfone groups is 1. The number of nitrogens with one attached hydrogen (secondary N) is 1. The summed E-state index contributed by atoms with van der Waals surface area (Å²) in [7, 11) is -2.90. The van der Waals surface area contributed by atoms with Crippen LogP contribution in [0.15, 0.2) is 0 Å². The highest BCUT2D eigenvalue weighted by molar-refractivity contribution is 7.92. The fraction of sp³-hybridized carbons (Fsp3) is 1.00. The molecule has 16 heavy (non-hydrogen) atoms. The molecule has 1 N–H and O–H groups in total. The average molecular weight is 251 g/mol. The van der Waals surface area contributed by atoms with Gasteiger partial charge >= 0.3 is 0 Å². The Hall–Kier alpha value is -0.130. The fourth-order valence-electron chi connectivity index (χ4n) is 1.07. The predicted molar refractivity (Wildman–Crippen MR) is 67.5 cm³/mol. The highest BCUT2D eigenvalue weighted by atomic mass is 32.2. The molecule has 0 aliphatic heterocycles. The van der Waals surface area contributed by atoms with E-state index in [2.05, 4.69) is 12.2 Å². The molecule has 0 aromatic rings. The summed E-state index contributed by atoms with van der Waals surface area (Å²) >= 11 is 0. The molecule has 4 nitrogen and oxygen atoms in total. The summed E-state index contributed by atoms with van der Waals surface area (Å²) in [5, 5.41) is 2.79. The molecule has 0 fully saturated rings. The van der Waals surface area contributed by atoms with E-state index in [4.69, 9.17) is 4.74 Å². The van der Waals surface area contributed by atoms with Crippen LogP contribution in [0.5, 0.6) is 0 Å². The molecule has 0 heterocycles. The Kier molecular flexibility index (Phi) is 8.89. The third-order valence-electron chi connectivity index (χ3n) is 2.35. The molecule has 0 saturated carbocycles. The summed E-state index contributed by atoms with van der Waals surface area (Å²) in [6, 6.07) is 0. The summed E-state index contributed by atoms with van der Waals surface area (Å²) in [6.45, 7) is 8.23. The number of ether oxygens (including phenoxy) is 1. The third-order valence-corrected chi connectivity index (χ3v) is 4.56. The molecule has 5 heteroatoms. The first-order chi connectivity index (χ1) is 7.50. The summed E-state index contributed by atoms with van der Waals surface area (Å²) in [4.78, 5) is 0. The molecule has 0 bridgehead atoms. The molecule has 0 atom stereocenters. The van der Waals surface area contributed by atoms with Gasteiger partial charge in [0.05, 0.1) is 17.6 Å². The molecule has 0 unspecified atom stereocenters. The fourth-order valence-corrected chi connectivity index (χ4v) is 1.97. The zero-order valence-corrected chi connectivity index (χ0v) is 11.5. The lowest BCUT2D eigenvalue weighted by Crippen LogP contribution is -2.29. The van der Waals surface area contributed by atoms with E-state index in [1.807, 2.05) is 0 Å². The quantitative estimate of drug-likeness (QED) is 0.593. The normalized spacial score (nSPS) is 12.2. The molecular weight excluding hydrogens is 226 g/mol. The molecule has 0 amide bonds. The number of rotatable bonds is 10. The van der Waals surface area contributed by atoms with Gasteiger partial charge in [-0.3, -0.25) is 0 Å². The van der Waals surface area contributed by atoms with Gasteiger partial charge in [0.25, 0.3) is 0 Å². The van der Waals surface area contributed by atoms with E-state index in [-0.39, 0.29) is 11.0 Å². The lowest BCUT2D eigenvalue weighted by molar-refractivity contribution is 0.133. The minimum atomic E-state index is -2.90. The van der Waals surface area contributed by atoms with E-state index < -0.39 is 9.84 Å². The lowest BCUT2D eigenvalue weighted by atomic mass is 10.4. The zero-order valence-electron chi connectivity index (χ0n) is 10.7. The van der Waals surface area contributed by atoms with Gasteiger partial charge in [0, 0.05) is 19.7 Å². The van der Waals surface area contributed by atoms with E-state index in [0.29, 0.717) is 13.2 Å². The van der Waals surface area contributed by atoms with Gasteiger partial charge in [-0.25, -0.2) is 8.42 Å². The van der Waals surface area contributed by atoms with Crippen molar-refractivity contribution in [1.82, 2.24) is 5.32 Å². The molecule has 0 radical (unpaired) electrons. The van der Waals surface area contributed by atoms with Crippen LogP contribution in [-0.4, -0.2) is 45.7 Å². The van der Waals surface area contributed by atoms with Gasteiger partial charge in [0.1, 0.15) is 0 Å². The van der Waals surface area contributed by atoms with Gasteiger partial charge in [0.2, 0.25) is 0 Å². The van der Waals surface area contributed by atoms with Crippen molar-refractivity contribution in [3.63, 3.8) is 0 Å². The first-order valence-electron chi connectivity index (χ1n) is 6.00. The molecule has 0 aromatic heterocycles. The summed E-state index contributed by atoms with van der Waals surface area (Å²) in [5.74, 6) is 0.208. The number of hydrogen-bond donors (Lipinski definition) is 1. The number of unbranched alkanes of at least 4 members (excludes halogenated alkanes) is 1. The Morgan fingerprint density at radius 3 is 2.44 bits per heavy atom. The Balaban J connectivity index is 3.34. The Morgan fingerprint density at radius 1 is 1.19 bits per heavy atom. The van der Waals surface area contributed by atoms with Crippen LogP contribution >= 0.6 is 0 Å². The average Bonchev–Trinajstić information content (AvgIpc) is 2.21. The van der Waals surface area contributed by atoms with Gasteiger partial charge in [-0.1, -0.05) is 13.3 Å². The monoisotopic (exact) mass is 251 g/mol. The molecule has 98 valence electrons. The van der Waals surface area contributed by atoms with Crippen LogP contribution in [-0.2, 0) is 14.6 Å². The molecule has 0 spiro atoms. The van der Waals surface area contributed by atoms with Crippen LogP contribution in [0, 0.1) is 0 Å². The van der Waals surface area contributed by atoms with Crippen LogP contribution in [0.2, 0.25) is 0 Å². The Morgan fingerprint density at radius 2 is 1.88 bits per heavy atom. The minimum Gasteiger partial charge on any atom is -0.380 e. The molecule has 0 aliphatic carbocycles. The molecule has 0 rings (SSSR count). The maximum absolute atomic E-state index is 11.4. The van der Waals surface area contributed by atoms with Gasteiger partial charge in [-0.2, -0.15) is 0 Å². The molecule has 0 aromatic carbocycles. The van der Waals surface area contributed by atoms with Crippen LogP contribution < -0.4 is 5.32 Å². The maximum Gasteiger partial charge on any atom is 0.153 e. The minimum absolute atomic E-state index is 0.208. The first-order valence-corrected chi connectivity index (χ1v) is 7.72. The van der Waals surface area contributed by atoms with E-state index in [1.165, 1.54) is 0 Å². The number of hydrogen-bond acceptors (Lipinski definition) is 4. The van der Waals surface area contributed by atoms with Crippen molar-refractivity contribution in [2.45, 2.75) is 38.9 Å². The van der Waals surface area contributed by atoms with Crippen molar-refractivity contribution >= 4 is 9.84 Å². The van der Waals surface area contributed by atoms with Gasteiger partial charge in [-0.05, 0) is 20.3 Å². The Labute approximate surface area is 99.7 Å². The van der Waals surface area contributed by atoms with E-state index in [0.717, 1.165) is 26.0 Å². The van der Waals surface area contributed by atoms with Crippen LogP contribution in [0.3, 0.4) is 0 Å². The second-order valence-corrected chi connectivity index (χ2v) is 6.81.